The number of hydrogen-bond donors (Lipinski definition) is 3. The third-order valence-corrected chi connectivity index (χ3v) is 3.81. The van der Waals surface area contributed by atoms with E-state index in [0.717, 1.165) is 23.7 Å². The van der Waals surface area contributed by atoms with Crippen LogP contribution in [-0.2, 0) is 4.79 Å². The summed E-state index contributed by atoms with van der Waals surface area (Å²) in [6.45, 7) is 1.46. The molecule has 1 aliphatic heterocycles. The highest BCUT2D eigenvalue weighted by Crippen LogP contribution is 2.25. The minimum Gasteiger partial charge on any atom is -0.478 e. The normalized spacial score (nSPS) is 17.8. The van der Waals surface area contributed by atoms with E-state index in [0.29, 0.717) is 12.2 Å². The average Bonchev–Trinajstić information content (AvgIpc) is 3.00. The Labute approximate surface area is 122 Å². The first-order valence-electron chi connectivity index (χ1n) is 6.93. The Morgan fingerprint density at radius 3 is 2.52 bits per heavy atom. The predicted octanol–water partition coefficient (Wildman–Crippen LogP) is 2.09. The van der Waals surface area contributed by atoms with E-state index in [4.69, 9.17) is 0 Å². The second-order valence-electron chi connectivity index (χ2n) is 5.23. The molecule has 108 valence electrons. The maximum absolute atomic E-state index is 12.2. The molecule has 1 saturated heterocycles. The Balaban J connectivity index is 1.97. The van der Waals surface area contributed by atoms with Crippen molar-refractivity contribution in [3.05, 3.63) is 42.0 Å². The van der Waals surface area contributed by atoms with Crippen LogP contribution in [0.15, 0.2) is 36.4 Å². The van der Waals surface area contributed by atoms with E-state index in [9.17, 15) is 14.7 Å². The summed E-state index contributed by atoms with van der Waals surface area (Å²) in [4.78, 5) is 23.6. The second kappa shape index (κ2) is 5.54. The van der Waals surface area contributed by atoms with Crippen LogP contribution < -0.4 is 10.6 Å². The molecular weight excluding hydrogens is 268 g/mol. The fraction of sp³-hybridized carbons (Fsp3) is 0.250. The molecule has 0 radical (unpaired) electrons. The molecule has 1 unspecified atom stereocenters. The van der Waals surface area contributed by atoms with Crippen molar-refractivity contribution in [2.45, 2.75) is 6.42 Å². The van der Waals surface area contributed by atoms with Crippen LogP contribution >= 0.6 is 0 Å². The van der Waals surface area contributed by atoms with Crippen LogP contribution in [0, 0.1) is 5.92 Å². The molecule has 0 aliphatic carbocycles. The number of benzene rings is 2. The molecule has 1 heterocycles. The smallest absolute Gasteiger partial charge is 0.337 e. The molecule has 2 aromatic rings. The number of carbonyl (C=O) groups is 2. The highest BCUT2D eigenvalue weighted by molar-refractivity contribution is 6.05. The highest BCUT2D eigenvalue weighted by Gasteiger charge is 2.24. The number of amides is 1. The minimum absolute atomic E-state index is 0.0990. The molecule has 1 fully saturated rings. The lowest BCUT2D eigenvalue weighted by Crippen LogP contribution is -2.25. The average molecular weight is 284 g/mol. The third kappa shape index (κ3) is 2.73. The zero-order valence-electron chi connectivity index (χ0n) is 11.4. The third-order valence-electron chi connectivity index (χ3n) is 3.81. The van der Waals surface area contributed by atoms with Gasteiger partial charge < -0.3 is 15.7 Å². The van der Waals surface area contributed by atoms with Crippen LogP contribution in [-0.4, -0.2) is 30.1 Å². The Morgan fingerprint density at radius 2 is 1.90 bits per heavy atom. The van der Waals surface area contributed by atoms with E-state index < -0.39 is 5.97 Å². The van der Waals surface area contributed by atoms with Crippen molar-refractivity contribution >= 4 is 28.3 Å². The van der Waals surface area contributed by atoms with Crippen molar-refractivity contribution in [1.82, 2.24) is 5.32 Å². The Bertz CT molecular complexity index is 706. The summed E-state index contributed by atoms with van der Waals surface area (Å²) in [6.07, 6.45) is 0.780. The number of anilines is 1. The number of rotatable bonds is 3. The van der Waals surface area contributed by atoms with Crippen LogP contribution in [0.3, 0.4) is 0 Å². The second-order valence-corrected chi connectivity index (χ2v) is 5.23. The number of carbonyl (C=O) groups excluding carboxylic acids is 1. The molecule has 1 amide bonds. The van der Waals surface area contributed by atoms with E-state index in [2.05, 4.69) is 10.6 Å². The van der Waals surface area contributed by atoms with Gasteiger partial charge in [-0.3, -0.25) is 4.79 Å². The first kappa shape index (κ1) is 13.6. The van der Waals surface area contributed by atoms with Gasteiger partial charge in [0.25, 0.3) is 0 Å². The van der Waals surface area contributed by atoms with Crippen molar-refractivity contribution in [1.29, 1.82) is 0 Å². The van der Waals surface area contributed by atoms with E-state index in [-0.39, 0.29) is 17.4 Å². The van der Waals surface area contributed by atoms with Crippen molar-refractivity contribution in [2.24, 2.45) is 5.92 Å². The lowest BCUT2D eigenvalue weighted by atomic mass is 10.0. The number of carboxylic acids is 1. The van der Waals surface area contributed by atoms with Crippen LogP contribution in [0.2, 0.25) is 0 Å². The van der Waals surface area contributed by atoms with Gasteiger partial charge in [0.05, 0.1) is 17.2 Å². The Kier molecular flexibility index (Phi) is 3.58. The SMILES string of the molecule is O=C(O)c1cc2ccccc2cc1NC(=O)C1CCNC1. The fourth-order valence-electron chi connectivity index (χ4n) is 2.63. The Morgan fingerprint density at radius 1 is 1.19 bits per heavy atom. The number of carboxylic acid groups (broad SMARTS) is 1. The summed E-state index contributed by atoms with van der Waals surface area (Å²) >= 11 is 0. The van der Waals surface area contributed by atoms with E-state index in [1.165, 1.54) is 0 Å². The van der Waals surface area contributed by atoms with Crippen LogP contribution in [0.5, 0.6) is 0 Å². The van der Waals surface area contributed by atoms with Gasteiger partial charge in [0.15, 0.2) is 0 Å². The van der Waals surface area contributed by atoms with Gasteiger partial charge in [-0.1, -0.05) is 24.3 Å². The topological polar surface area (TPSA) is 78.4 Å². The zero-order chi connectivity index (χ0) is 14.8. The molecule has 1 atom stereocenters. The van der Waals surface area contributed by atoms with Crippen molar-refractivity contribution in [3.63, 3.8) is 0 Å². The van der Waals surface area contributed by atoms with Crippen molar-refractivity contribution in [3.8, 4) is 0 Å². The lowest BCUT2D eigenvalue weighted by Gasteiger charge is -2.13. The molecule has 0 spiro atoms. The van der Waals surface area contributed by atoms with Gasteiger partial charge >= 0.3 is 5.97 Å². The molecule has 2 aromatic carbocycles. The number of hydrogen-bond acceptors (Lipinski definition) is 3. The number of aromatic carboxylic acids is 1. The number of nitrogens with one attached hydrogen (secondary N) is 2. The molecule has 0 aromatic heterocycles. The fourth-order valence-corrected chi connectivity index (χ4v) is 2.63. The summed E-state index contributed by atoms with van der Waals surface area (Å²) < 4.78 is 0. The van der Waals surface area contributed by atoms with Gasteiger partial charge in [-0.2, -0.15) is 0 Å². The van der Waals surface area contributed by atoms with E-state index >= 15 is 0 Å². The first-order valence-corrected chi connectivity index (χ1v) is 6.93. The summed E-state index contributed by atoms with van der Waals surface area (Å²) in [6, 6.07) is 10.8. The standard InChI is InChI=1S/C16H16N2O3/c19-15(12-5-6-17-9-12)18-14-8-11-4-2-1-3-10(11)7-13(14)16(20)21/h1-4,7-8,12,17H,5-6,9H2,(H,18,19)(H,20,21). The van der Waals surface area contributed by atoms with Crippen LogP contribution in [0.1, 0.15) is 16.8 Å². The van der Waals surface area contributed by atoms with Gasteiger partial charge in [0, 0.05) is 6.54 Å². The van der Waals surface area contributed by atoms with Gasteiger partial charge in [-0.05, 0) is 35.9 Å². The molecule has 0 bridgehead atoms. The minimum atomic E-state index is -1.04. The molecule has 3 rings (SSSR count). The van der Waals surface area contributed by atoms with Crippen LogP contribution in [0.4, 0.5) is 5.69 Å². The maximum atomic E-state index is 12.2. The zero-order valence-corrected chi connectivity index (χ0v) is 11.4. The van der Waals surface area contributed by atoms with Gasteiger partial charge in [0.2, 0.25) is 5.91 Å². The molecule has 1 aliphatic rings. The molecule has 21 heavy (non-hydrogen) atoms. The van der Waals surface area contributed by atoms with Crippen molar-refractivity contribution in [2.75, 3.05) is 18.4 Å². The Hall–Kier alpha value is -2.40. The van der Waals surface area contributed by atoms with Gasteiger partial charge in [-0.25, -0.2) is 4.79 Å². The largest absolute Gasteiger partial charge is 0.478 e. The summed E-state index contributed by atoms with van der Waals surface area (Å²) in [7, 11) is 0. The predicted molar refractivity (Wildman–Crippen MR) is 80.5 cm³/mol. The van der Waals surface area contributed by atoms with Gasteiger partial charge in [0.1, 0.15) is 0 Å². The van der Waals surface area contributed by atoms with Gasteiger partial charge in [-0.15, -0.1) is 0 Å². The van der Waals surface area contributed by atoms with E-state index in [1.807, 2.05) is 24.3 Å². The lowest BCUT2D eigenvalue weighted by molar-refractivity contribution is -0.119. The summed E-state index contributed by atoms with van der Waals surface area (Å²) in [5.74, 6) is -1.27. The highest BCUT2D eigenvalue weighted by atomic mass is 16.4. The summed E-state index contributed by atoms with van der Waals surface area (Å²) in [5, 5.41) is 17.0. The quantitative estimate of drug-likeness (QED) is 0.806. The molecule has 5 nitrogen and oxygen atoms in total. The summed E-state index contributed by atoms with van der Waals surface area (Å²) in [5.41, 5.74) is 0.478. The molecule has 0 saturated carbocycles. The van der Waals surface area contributed by atoms with Crippen LogP contribution in [0.25, 0.3) is 10.8 Å². The number of fused-ring (bicyclic) bond motifs is 1. The molecule has 5 heteroatoms. The maximum Gasteiger partial charge on any atom is 0.337 e. The van der Waals surface area contributed by atoms with Crippen molar-refractivity contribution < 1.29 is 14.7 Å². The van der Waals surface area contributed by atoms with E-state index in [1.54, 1.807) is 12.1 Å². The molecule has 3 N–H and O–H groups in total. The first-order chi connectivity index (χ1) is 10.1. The monoisotopic (exact) mass is 284 g/mol. The molecular formula is C16H16N2O3.